The van der Waals surface area contributed by atoms with E-state index in [0.29, 0.717) is 12.2 Å². The highest BCUT2D eigenvalue weighted by Gasteiger charge is 2.34. The van der Waals surface area contributed by atoms with Crippen LogP contribution in [0.1, 0.15) is 22.1 Å². The zero-order chi connectivity index (χ0) is 20.2. The summed E-state index contributed by atoms with van der Waals surface area (Å²) in [6.45, 7) is 2.02. The Morgan fingerprint density at radius 1 is 1.00 bits per heavy atom. The molecule has 4 nitrogen and oxygen atoms in total. The Hall–Kier alpha value is -3.05. The van der Waals surface area contributed by atoms with Crippen LogP contribution in [0, 0.1) is 6.92 Å². The number of amides is 2. The molecule has 1 aliphatic rings. The Morgan fingerprint density at radius 2 is 1.69 bits per heavy atom. The molecule has 2 amide bonds. The average molecular weight is 403 g/mol. The molecule has 0 bridgehead atoms. The molecule has 4 rings (SSSR count). The molecule has 0 aromatic heterocycles. The molecule has 1 heterocycles. The fourth-order valence-corrected chi connectivity index (χ4v) is 4.65. The zero-order valence-corrected chi connectivity index (χ0v) is 17.0. The SMILES string of the molecule is Cc1ccccc1N1C(=O)CSC1c1ccc(NC(=O)Cc2ccccc2)cc1. The summed E-state index contributed by atoms with van der Waals surface area (Å²) >= 11 is 1.63. The van der Waals surface area contributed by atoms with Crippen molar-refractivity contribution in [3.8, 4) is 0 Å². The number of carbonyl (C=O) groups excluding carboxylic acids is 2. The maximum Gasteiger partial charge on any atom is 0.238 e. The third kappa shape index (κ3) is 4.35. The van der Waals surface area contributed by atoms with E-state index in [1.54, 1.807) is 11.8 Å². The summed E-state index contributed by atoms with van der Waals surface area (Å²) in [6.07, 6.45) is 0.344. The number of nitrogens with zero attached hydrogens (tertiary/aromatic N) is 1. The number of nitrogens with one attached hydrogen (secondary N) is 1. The molecule has 1 unspecified atom stereocenters. The zero-order valence-electron chi connectivity index (χ0n) is 16.2. The van der Waals surface area contributed by atoms with E-state index in [4.69, 9.17) is 0 Å². The lowest BCUT2D eigenvalue weighted by molar-refractivity contribution is -0.116. The minimum Gasteiger partial charge on any atom is -0.326 e. The van der Waals surface area contributed by atoms with Gasteiger partial charge in [0.2, 0.25) is 11.8 Å². The molecule has 0 spiro atoms. The predicted octanol–water partition coefficient (Wildman–Crippen LogP) is 4.95. The normalized spacial score (nSPS) is 16.1. The summed E-state index contributed by atoms with van der Waals surface area (Å²) in [7, 11) is 0. The smallest absolute Gasteiger partial charge is 0.238 e. The molecule has 146 valence electrons. The van der Waals surface area contributed by atoms with E-state index in [9.17, 15) is 9.59 Å². The van der Waals surface area contributed by atoms with Gasteiger partial charge in [0.25, 0.3) is 0 Å². The average Bonchev–Trinajstić information content (AvgIpc) is 3.11. The van der Waals surface area contributed by atoms with E-state index in [2.05, 4.69) is 5.32 Å². The summed E-state index contributed by atoms with van der Waals surface area (Å²) in [4.78, 5) is 26.7. The first kappa shape index (κ1) is 19.3. The molecule has 3 aromatic rings. The molecule has 5 heteroatoms. The molecule has 29 heavy (non-hydrogen) atoms. The summed E-state index contributed by atoms with van der Waals surface area (Å²) in [6, 6.07) is 25.4. The van der Waals surface area contributed by atoms with Crippen molar-refractivity contribution < 1.29 is 9.59 Å². The first-order valence-corrected chi connectivity index (χ1v) is 10.6. The lowest BCUT2D eigenvalue weighted by atomic mass is 10.1. The number of carbonyl (C=O) groups is 2. The van der Waals surface area contributed by atoms with E-state index in [0.717, 1.165) is 28.1 Å². The molecular weight excluding hydrogens is 380 g/mol. The minimum absolute atomic E-state index is 0.0455. The number of aryl methyl sites for hydroxylation is 1. The Kier molecular flexibility index (Phi) is 5.67. The molecule has 0 radical (unpaired) electrons. The van der Waals surface area contributed by atoms with Gasteiger partial charge in [-0.05, 0) is 41.8 Å². The van der Waals surface area contributed by atoms with E-state index < -0.39 is 0 Å². The third-order valence-electron chi connectivity index (χ3n) is 4.93. The summed E-state index contributed by atoms with van der Waals surface area (Å²) in [5.41, 5.74) is 4.82. The van der Waals surface area contributed by atoms with Gasteiger partial charge in [-0.25, -0.2) is 0 Å². The lowest BCUT2D eigenvalue weighted by Crippen LogP contribution is -2.28. The van der Waals surface area contributed by atoms with Gasteiger partial charge in [-0.2, -0.15) is 0 Å². The highest BCUT2D eigenvalue weighted by molar-refractivity contribution is 8.00. The standard InChI is InChI=1S/C24H22N2O2S/c1-17-7-5-6-10-21(17)26-23(28)16-29-24(26)19-11-13-20(14-12-19)25-22(27)15-18-8-3-2-4-9-18/h2-14,24H,15-16H2,1H3,(H,25,27). The second-order valence-electron chi connectivity index (χ2n) is 7.05. The van der Waals surface area contributed by atoms with E-state index >= 15 is 0 Å². The van der Waals surface area contributed by atoms with Crippen molar-refractivity contribution in [2.75, 3.05) is 16.0 Å². The molecular formula is C24H22N2O2S. The summed E-state index contributed by atoms with van der Waals surface area (Å²) in [5, 5.41) is 2.88. The molecule has 1 fully saturated rings. The first-order valence-electron chi connectivity index (χ1n) is 9.55. The Labute approximate surface area is 174 Å². The van der Waals surface area contributed by atoms with Crippen molar-refractivity contribution in [3.63, 3.8) is 0 Å². The van der Waals surface area contributed by atoms with Gasteiger partial charge in [-0.15, -0.1) is 11.8 Å². The number of benzene rings is 3. The van der Waals surface area contributed by atoms with Crippen molar-refractivity contribution in [1.29, 1.82) is 0 Å². The molecule has 0 aliphatic carbocycles. The van der Waals surface area contributed by atoms with E-state index in [-0.39, 0.29) is 17.2 Å². The van der Waals surface area contributed by atoms with Crippen LogP contribution in [0.15, 0.2) is 78.9 Å². The largest absolute Gasteiger partial charge is 0.326 e. The van der Waals surface area contributed by atoms with Gasteiger partial charge in [0.15, 0.2) is 0 Å². The van der Waals surface area contributed by atoms with Crippen LogP contribution in [-0.4, -0.2) is 17.6 Å². The van der Waals surface area contributed by atoms with Crippen molar-refractivity contribution in [2.24, 2.45) is 0 Å². The number of thioether (sulfide) groups is 1. The van der Waals surface area contributed by atoms with Crippen LogP contribution >= 0.6 is 11.8 Å². The second-order valence-corrected chi connectivity index (χ2v) is 8.11. The fraction of sp³-hybridized carbons (Fsp3) is 0.167. The van der Waals surface area contributed by atoms with Crippen molar-refractivity contribution >= 4 is 35.0 Å². The highest BCUT2D eigenvalue weighted by atomic mass is 32.2. The summed E-state index contributed by atoms with van der Waals surface area (Å²) in [5.74, 6) is 0.541. The molecule has 0 saturated carbocycles. The van der Waals surface area contributed by atoms with Crippen LogP contribution in [0.25, 0.3) is 0 Å². The topological polar surface area (TPSA) is 49.4 Å². The third-order valence-corrected chi connectivity index (χ3v) is 6.14. The molecule has 1 aliphatic heterocycles. The Balaban J connectivity index is 1.48. The Morgan fingerprint density at radius 3 is 2.41 bits per heavy atom. The number of anilines is 2. The van der Waals surface area contributed by atoms with Gasteiger partial charge < -0.3 is 5.32 Å². The monoisotopic (exact) mass is 402 g/mol. The van der Waals surface area contributed by atoms with Crippen LogP contribution in [0.3, 0.4) is 0 Å². The first-order chi connectivity index (χ1) is 14.1. The number of hydrogen-bond donors (Lipinski definition) is 1. The summed E-state index contributed by atoms with van der Waals surface area (Å²) < 4.78 is 0. The molecule has 3 aromatic carbocycles. The van der Waals surface area contributed by atoms with Gasteiger partial charge in [0.1, 0.15) is 5.37 Å². The predicted molar refractivity (Wildman–Crippen MR) is 119 cm³/mol. The molecule has 1 saturated heterocycles. The van der Waals surface area contributed by atoms with E-state index in [1.165, 1.54) is 0 Å². The number of rotatable bonds is 5. The van der Waals surface area contributed by atoms with Crippen LogP contribution in [0.4, 0.5) is 11.4 Å². The second kappa shape index (κ2) is 8.53. The quantitative estimate of drug-likeness (QED) is 0.657. The van der Waals surface area contributed by atoms with Gasteiger partial charge in [0, 0.05) is 11.4 Å². The van der Waals surface area contributed by atoms with Gasteiger partial charge in [-0.1, -0.05) is 60.7 Å². The van der Waals surface area contributed by atoms with Crippen LogP contribution in [0.5, 0.6) is 0 Å². The fourth-order valence-electron chi connectivity index (χ4n) is 3.48. The highest BCUT2D eigenvalue weighted by Crippen LogP contribution is 2.42. The van der Waals surface area contributed by atoms with Crippen molar-refractivity contribution in [2.45, 2.75) is 18.7 Å². The van der Waals surface area contributed by atoms with Gasteiger partial charge >= 0.3 is 0 Å². The number of hydrogen-bond acceptors (Lipinski definition) is 3. The van der Waals surface area contributed by atoms with Crippen LogP contribution < -0.4 is 10.2 Å². The molecule has 1 atom stereocenters. The Bertz CT molecular complexity index is 1020. The minimum atomic E-state index is -0.0577. The van der Waals surface area contributed by atoms with Crippen LogP contribution in [0.2, 0.25) is 0 Å². The van der Waals surface area contributed by atoms with Crippen molar-refractivity contribution in [3.05, 3.63) is 95.6 Å². The number of para-hydroxylation sites is 1. The van der Waals surface area contributed by atoms with Gasteiger partial charge in [-0.3, -0.25) is 14.5 Å². The maximum atomic E-state index is 12.5. The van der Waals surface area contributed by atoms with E-state index in [1.807, 2.05) is 90.7 Å². The molecule has 1 N–H and O–H groups in total. The van der Waals surface area contributed by atoms with Crippen LogP contribution in [-0.2, 0) is 16.0 Å². The van der Waals surface area contributed by atoms with Crippen molar-refractivity contribution in [1.82, 2.24) is 0 Å². The maximum absolute atomic E-state index is 12.5. The lowest BCUT2D eigenvalue weighted by Gasteiger charge is -2.26. The van der Waals surface area contributed by atoms with Gasteiger partial charge in [0.05, 0.1) is 12.2 Å².